The van der Waals surface area contributed by atoms with Crippen molar-refractivity contribution in [3.63, 3.8) is 0 Å². The summed E-state index contributed by atoms with van der Waals surface area (Å²) in [7, 11) is 0. The molecule has 0 heterocycles. The zero-order valence-electron chi connectivity index (χ0n) is 35.9. The van der Waals surface area contributed by atoms with Gasteiger partial charge in [0, 0.05) is 47.6 Å². The van der Waals surface area contributed by atoms with E-state index in [1.54, 1.807) is 0 Å². The highest BCUT2D eigenvalue weighted by molar-refractivity contribution is 6.11. The third-order valence-electron chi connectivity index (χ3n) is 10.1. The number of ether oxygens (including phenoxy) is 6. The third-order valence-corrected chi connectivity index (χ3v) is 10.1. The molecule has 314 valence electrons. The highest BCUT2D eigenvalue weighted by Crippen LogP contribution is 2.44. The van der Waals surface area contributed by atoms with Crippen molar-refractivity contribution in [2.75, 3.05) is 39.6 Å². The second-order valence-corrected chi connectivity index (χ2v) is 15.5. The lowest BCUT2D eigenvalue weighted by atomic mass is 9.97. The van der Waals surface area contributed by atoms with Gasteiger partial charge in [-0.1, -0.05) is 140 Å². The van der Waals surface area contributed by atoms with E-state index in [1.807, 2.05) is 0 Å². The molecule has 56 heavy (non-hydrogen) atoms. The minimum absolute atomic E-state index is 0.160. The molecule has 0 amide bonds. The molecule has 0 aliphatic carbocycles. The van der Waals surface area contributed by atoms with E-state index in [-0.39, 0.29) is 38.4 Å². The van der Waals surface area contributed by atoms with Gasteiger partial charge >= 0.3 is 11.9 Å². The fraction of sp³-hybridized carbons (Fsp3) is 0.667. The Hall–Kier alpha value is -3.36. The number of benzene rings is 3. The van der Waals surface area contributed by atoms with Crippen LogP contribution in [-0.4, -0.2) is 63.8 Å². The number of fused-ring (bicyclic) bond motifs is 2. The molecule has 0 aliphatic heterocycles. The predicted octanol–water partition coefficient (Wildman–Crippen LogP) is 12.3. The molecule has 0 aliphatic rings. The van der Waals surface area contributed by atoms with Crippen LogP contribution in [0.25, 0.3) is 21.5 Å². The summed E-state index contributed by atoms with van der Waals surface area (Å²) in [6.45, 7) is 14.9. The molecule has 0 bridgehead atoms. The van der Waals surface area contributed by atoms with Crippen LogP contribution in [0.3, 0.4) is 0 Å². The largest absolute Gasteiger partial charge is 0.488 e. The first kappa shape index (κ1) is 47.0. The van der Waals surface area contributed by atoms with E-state index in [4.69, 9.17) is 28.4 Å². The molecular weight excluding hydrogens is 705 g/mol. The standard InChI is InChI=1S/C48H74O8/c1-7-11-15-17-19-23-45(49)55-39(33-51-29-21-13-9-3)35-53-47-41-27-25-38(6)32-44(41)48(42-28-26-37(5)31-43(42)47)54-36-40(34-52-30-22-14-10-4)56-46(50)24-20-18-16-12-8-2/h25-28,31-32,39-40H,7-24,29-30,33-36H2,1-6H3. The second-order valence-electron chi connectivity index (χ2n) is 15.5. The lowest BCUT2D eigenvalue weighted by Gasteiger charge is -2.23. The zero-order chi connectivity index (χ0) is 40.4. The molecule has 0 saturated heterocycles. The van der Waals surface area contributed by atoms with Crippen molar-refractivity contribution >= 4 is 33.5 Å². The van der Waals surface area contributed by atoms with Crippen molar-refractivity contribution in [2.45, 2.75) is 169 Å². The minimum atomic E-state index is -0.546. The number of carbonyl (C=O) groups is 2. The number of aryl methyl sites for hydroxylation is 2. The molecule has 0 radical (unpaired) electrons. The Kier molecular flexibility index (Phi) is 23.6. The van der Waals surface area contributed by atoms with E-state index in [0.29, 0.717) is 37.6 Å². The Morgan fingerprint density at radius 2 is 0.839 bits per heavy atom. The SMILES string of the molecule is CCCCCCCC(=O)OC(COCCCCC)COc1c2ccc(C)cc2c(OCC(COCCCCC)OC(=O)CCCCCCC)c2ccc(C)cc12. The maximum absolute atomic E-state index is 13.0. The van der Waals surface area contributed by atoms with E-state index in [9.17, 15) is 9.59 Å². The molecule has 0 N–H and O–H groups in total. The topological polar surface area (TPSA) is 89.5 Å². The molecule has 3 aromatic rings. The van der Waals surface area contributed by atoms with Crippen LogP contribution in [0.5, 0.6) is 11.5 Å². The lowest BCUT2D eigenvalue weighted by Crippen LogP contribution is -2.30. The lowest BCUT2D eigenvalue weighted by molar-refractivity contribution is -0.155. The first-order valence-electron chi connectivity index (χ1n) is 22.1. The van der Waals surface area contributed by atoms with Crippen LogP contribution in [0.1, 0.15) is 154 Å². The molecule has 0 fully saturated rings. The maximum Gasteiger partial charge on any atom is 0.306 e. The molecular formula is C48H74O8. The summed E-state index contributed by atoms with van der Waals surface area (Å²) >= 11 is 0. The van der Waals surface area contributed by atoms with Crippen LogP contribution in [0.15, 0.2) is 36.4 Å². The van der Waals surface area contributed by atoms with Crippen LogP contribution in [-0.2, 0) is 28.5 Å². The van der Waals surface area contributed by atoms with Crippen molar-refractivity contribution in [3.8, 4) is 11.5 Å². The van der Waals surface area contributed by atoms with Gasteiger partial charge in [0.1, 0.15) is 24.7 Å². The fourth-order valence-electron chi connectivity index (χ4n) is 6.85. The summed E-state index contributed by atoms with van der Waals surface area (Å²) in [6, 6.07) is 12.5. The summed E-state index contributed by atoms with van der Waals surface area (Å²) in [4.78, 5) is 26.0. The first-order chi connectivity index (χ1) is 27.3. The average molecular weight is 779 g/mol. The normalized spacial score (nSPS) is 12.5. The smallest absolute Gasteiger partial charge is 0.306 e. The summed E-state index contributed by atoms with van der Waals surface area (Å²) in [5.74, 6) is 1.00. The highest BCUT2D eigenvalue weighted by Gasteiger charge is 2.23. The van der Waals surface area contributed by atoms with Crippen molar-refractivity contribution < 1.29 is 38.0 Å². The van der Waals surface area contributed by atoms with E-state index < -0.39 is 12.2 Å². The Morgan fingerprint density at radius 3 is 1.23 bits per heavy atom. The van der Waals surface area contributed by atoms with Crippen molar-refractivity contribution in [3.05, 3.63) is 47.5 Å². The Balaban J connectivity index is 1.88. The molecule has 2 unspecified atom stereocenters. The van der Waals surface area contributed by atoms with Gasteiger partial charge in [0.05, 0.1) is 13.2 Å². The molecule has 3 rings (SSSR count). The van der Waals surface area contributed by atoms with Gasteiger partial charge in [-0.05, 0) is 51.7 Å². The van der Waals surface area contributed by atoms with Gasteiger partial charge in [0.15, 0.2) is 12.2 Å². The van der Waals surface area contributed by atoms with Gasteiger partial charge in [-0.3, -0.25) is 9.59 Å². The van der Waals surface area contributed by atoms with Crippen LogP contribution in [0, 0.1) is 13.8 Å². The van der Waals surface area contributed by atoms with E-state index in [0.717, 1.165) is 123 Å². The van der Waals surface area contributed by atoms with Gasteiger partial charge in [0.25, 0.3) is 0 Å². The van der Waals surface area contributed by atoms with Crippen molar-refractivity contribution in [2.24, 2.45) is 0 Å². The number of esters is 2. The molecule has 2 atom stereocenters. The van der Waals surface area contributed by atoms with Crippen molar-refractivity contribution in [1.29, 1.82) is 0 Å². The monoisotopic (exact) mass is 779 g/mol. The summed E-state index contributed by atoms with van der Waals surface area (Å²) in [5.41, 5.74) is 2.16. The number of unbranched alkanes of at least 4 members (excludes halogenated alkanes) is 12. The van der Waals surface area contributed by atoms with Crippen LogP contribution < -0.4 is 9.47 Å². The molecule has 8 nitrogen and oxygen atoms in total. The Bertz CT molecular complexity index is 1440. The van der Waals surface area contributed by atoms with E-state index in [2.05, 4.69) is 77.9 Å². The third kappa shape index (κ3) is 17.4. The summed E-state index contributed by atoms with van der Waals surface area (Å²) in [6.07, 6.45) is 16.7. The zero-order valence-corrected chi connectivity index (χ0v) is 35.9. The molecule has 0 saturated carbocycles. The molecule has 0 aromatic heterocycles. The number of rotatable bonds is 32. The van der Waals surface area contributed by atoms with Crippen molar-refractivity contribution in [1.82, 2.24) is 0 Å². The first-order valence-corrected chi connectivity index (χ1v) is 22.1. The number of hydrogen-bond acceptors (Lipinski definition) is 8. The van der Waals surface area contributed by atoms with Gasteiger partial charge in [-0.15, -0.1) is 0 Å². The van der Waals surface area contributed by atoms with Crippen LogP contribution in [0.2, 0.25) is 0 Å². The predicted molar refractivity (Wildman–Crippen MR) is 229 cm³/mol. The van der Waals surface area contributed by atoms with Crippen LogP contribution in [0.4, 0.5) is 0 Å². The van der Waals surface area contributed by atoms with E-state index >= 15 is 0 Å². The van der Waals surface area contributed by atoms with E-state index in [1.165, 1.54) is 12.8 Å². The fourth-order valence-corrected chi connectivity index (χ4v) is 6.85. The Labute approximate surface area is 338 Å². The van der Waals surface area contributed by atoms with Gasteiger partial charge in [-0.2, -0.15) is 0 Å². The average Bonchev–Trinajstić information content (AvgIpc) is 3.18. The summed E-state index contributed by atoms with van der Waals surface area (Å²) < 4.78 is 37.4. The van der Waals surface area contributed by atoms with Gasteiger partial charge in [-0.25, -0.2) is 0 Å². The second kappa shape index (κ2) is 28.1. The number of carbonyl (C=O) groups excluding carboxylic acids is 2. The highest BCUT2D eigenvalue weighted by atomic mass is 16.6. The maximum atomic E-state index is 13.0. The molecule has 3 aromatic carbocycles. The van der Waals surface area contributed by atoms with Gasteiger partial charge < -0.3 is 28.4 Å². The minimum Gasteiger partial charge on any atom is -0.488 e. The summed E-state index contributed by atoms with van der Waals surface area (Å²) in [5, 5.41) is 3.59. The molecule has 8 heteroatoms. The Morgan fingerprint density at radius 1 is 0.464 bits per heavy atom. The van der Waals surface area contributed by atoms with Crippen LogP contribution >= 0.6 is 0 Å². The quantitative estimate of drug-likeness (QED) is 0.0352. The number of hydrogen-bond donors (Lipinski definition) is 0. The van der Waals surface area contributed by atoms with Gasteiger partial charge in [0.2, 0.25) is 0 Å². The molecule has 0 spiro atoms.